The topological polar surface area (TPSA) is 53.4 Å². The molecule has 1 N–H and O–H groups in total. The molecule has 192 valence electrons. The first kappa shape index (κ1) is 27.3. The minimum absolute atomic E-state index is 0.102. The third-order valence-corrected chi connectivity index (χ3v) is 5.99. The van der Waals surface area contributed by atoms with Gasteiger partial charge in [-0.25, -0.2) is 0 Å². The second-order valence-corrected chi connectivity index (χ2v) is 8.79. The van der Waals surface area contributed by atoms with Crippen molar-refractivity contribution in [3.05, 3.63) is 77.1 Å². The molecule has 3 rings (SSSR count). The molecule has 0 radical (unpaired) electrons. The average Bonchev–Trinajstić information content (AvgIpc) is 2.78. The van der Waals surface area contributed by atoms with Gasteiger partial charge in [-0.1, -0.05) is 36.6 Å². The fourth-order valence-corrected chi connectivity index (χ4v) is 4.30. The molecule has 1 aliphatic rings. The van der Waals surface area contributed by atoms with E-state index in [9.17, 15) is 36.2 Å². The van der Waals surface area contributed by atoms with E-state index in [1.165, 1.54) is 18.2 Å². The Balaban J connectivity index is 2.04. The molecule has 0 aliphatic carbocycles. The number of likely N-dealkylation sites (tertiary alicyclic amines) is 1. The lowest BCUT2D eigenvalue weighted by Crippen LogP contribution is -2.39. The van der Waals surface area contributed by atoms with Crippen LogP contribution in [-0.2, 0) is 17.1 Å². The Labute approximate surface area is 204 Å². The normalized spacial score (nSPS) is 19.8. The highest BCUT2D eigenvalue weighted by Crippen LogP contribution is 2.42. The van der Waals surface area contributed by atoms with Gasteiger partial charge >= 0.3 is 18.3 Å². The summed E-state index contributed by atoms with van der Waals surface area (Å²) in [5.41, 5.74) is -0.448. The number of benzene rings is 1. The number of halogens is 6. The van der Waals surface area contributed by atoms with Crippen molar-refractivity contribution in [3.8, 4) is 11.8 Å². The average molecular weight is 510 g/mol. The summed E-state index contributed by atoms with van der Waals surface area (Å²) in [6.07, 6.45) is -7.34. The molecule has 4 nitrogen and oxygen atoms in total. The number of alkyl halides is 6. The molecule has 2 heterocycles. The fraction of sp³-hybridized carbons (Fsp3) is 0.385. The molecular weight excluding hydrogens is 486 g/mol. The molecule has 10 heteroatoms. The van der Waals surface area contributed by atoms with Crippen molar-refractivity contribution in [2.75, 3.05) is 6.54 Å². The van der Waals surface area contributed by atoms with Gasteiger partial charge in [-0.05, 0) is 60.6 Å². The lowest BCUT2D eigenvalue weighted by atomic mass is 9.83. The van der Waals surface area contributed by atoms with Crippen LogP contribution in [0.1, 0.15) is 60.7 Å². The van der Waals surface area contributed by atoms with E-state index in [1.807, 2.05) is 4.90 Å². The van der Waals surface area contributed by atoms with Gasteiger partial charge in [-0.3, -0.25) is 14.7 Å². The maximum atomic E-state index is 13.1. The van der Waals surface area contributed by atoms with Crippen molar-refractivity contribution >= 4 is 5.97 Å². The maximum Gasteiger partial charge on any atom is 0.433 e. The van der Waals surface area contributed by atoms with E-state index in [2.05, 4.69) is 23.4 Å². The summed E-state index contributed by atoms with van der Waals surface area (Å²) in [5.74, 6) is 4.65. The van der Waals surface area contributed by atoms with Crippen LogP contribution in [0.4, 0.5) is 26.3 Å². The Morgan fingerprint density at radius 1 is 1.14 bits per heavy atom. The fourth-order valence-electron chi connectivity index (χ4n) is 4.30. The van der Waals surface area contributed by atoms with Crippen LogP contribution in [0, 0.1) is 17.8 Å². The zero-order valence-electron chi connectivity index (χ0n) is 19.3. The molecule has 0 saturated carbocycles. The maximum absolute atomic E-state index is 13.1. The van der Waals surface area contributed by atoms with Crippen molar-refractivity contribution in [1.82, 2.24) is 9.88 Å². The summed E-state index contributed by atoms with van der Waals surface area (Å²) in [6, 6.07) is 5.49. The van der Waals surface area contributed by atoms with Gasteiger partial charge in [0.15, 0.2) is 0 Å². The van der Waals surface area contributed by atoms with Crippen molar-refractivity contribution in [2.24, 2.45) is 5.92 Å². The molecule has 2 aromatic rings. The highest BCUT2D eigenvalue weighted by Gasteiger charge is 2.37. The van der Waals surface area contributed by atoms with Gasteiger partial charge in [-0.15, -0.1) is 0 Å². The van der Waals surface area contributed by atoms with Gasteiger partial charge in [-0.2, -0.15) is 26.3 Å². The number of pyridine rings is 1. The SMILES string of the molecule is C=C(C)C#CC(c1ccc(C(F)(F)F)nc1)N1CCC(CC(=O)O)CC1c1ccc(C(F)(F)F)cc1. The quantitative estimate of drug-likeness (QED) is 0.361. The summed E-state index contributed by atoms with van der Waals surface area (Å²) in [5, 5.41) is 9.27. The number of aliphatic carboxylic acids is 1. The molecule has 0 amide bonds. The number of piperidine rings is 1. The van der Waals surface area contributed by atoms with Gasteiger partial charge in [0.05, 0.1) is 11.6 Å². The third-order valence-electron chi connectivity index (χ3n) is 5.99. The van der Waals surface area contributed by atoms with Crippen molar-refractivity contribution in [2.45, 2.75) is 50.6 Å². The third kappa shape index (κ3) is 6.88. The van der Waals surface area contributed by atoms with Crippen molar-refractivity contribution < 1.29 is 36.2 Å². The molecule has 1 saturated heterocycles. The van der Waals surface area contributed by atoms with Gasteiger partial charge in [0.2, 0.25) is 0 Å². The number of carbonyl (C=O) groups is 1. The molecule has 1 aliphatic heterocycles. The number of allylic oxidation sites excluding steroid dienone is 1. The summed E-state index contributed by atoms with van der Waals surface area (Å²) in [7, 11) is 0. The molecule has 1 aromatic heterocycles. The molecule has 0 spiro atoms. The molecule has 1 aromatic carbocycles. The highest BCUT2D eigenvalue weighted by molar-refractivity contribution is 5.67. The van der Waals surface area contributed by atoms with Crippen LogP contribution < -0.4 is 0 Å². The summed E-state index contributed by atoms with van der Waals surface area (Å²) < 4.78 is 78.4. The van der Waals surface area contributed by atoms with Gasteiger partial charge in [0, 0.05) is 25.2 Å². The first-order valence-corrected chi connectivity index (χ1v) is 11.1. The van der Waals surface area contributed by atoms with E-state index < -0.39 is 41.7 Å². The molecule has 1 fully saturated rings. The Hall–Kier alpha value is -3.32. The number of carboxylic acid groups (broad SMARTS) is 1. The Morgan fingerprint density at radius 2 is 1.81 bits per heavy atom. The van der Waals surface area contributed by atoms with Crippen molar-refractivity contribution in [3.63, 3.8) is 0 Å². The first-order valence-electron chi connectivity index (χ1n) is 11.1. The van der Waals surface area contributed by atoms with Crippen LogP contribution in [-0.4, -0.2) is 27.5 Å². The zero-order chi connectivity index (χ0) is 26.7. The number of rotatable bonds is 5. The van der Waals surface area contributed by atoms with E-state index in [0.717, 1.165) is 24.4 Å². The molecule has 3 unspecified atom stereocenters. The summed E-state index contributed by atoms with van der Waals surface area (Å²) in [6.45, 7) is 5.74. The molecule has 3 atom stereocenters. The van der Waals surface area contributed by atoms with E-state index in [0.29, 0.717) is 36.1 Å². The molecule has 0 bridgehead atoms. The van der Waals surface area contributed by atoms with Crippen LogP contribution in [0.25, 0.3) is 0 Å². The van der Waals surface area contributed by atoms with E-state index in [1.54, 1.807) is 6.92 Å². The number of hydrogen-bond acceptors (Lipinski definition) is 3. The Bertz CT molecular complexity index is 1140. The van der Waals surface area contributed by atoms with Crippen LogP contribution in [0.2, 0.25) is 0 Å². The molecule has 36 heavy (non-hydrogen) atoms. The number of carboxylic acids is 1. The monoisotopic (exact) mass is 510 g/mol. The molecular formula is C26H24F6N2O2. The summed E-state index contributed by atoms with van der Waals surface area (Å²) in [4.78, 5) is 16.7. The zero-order valence-corrected chi connectivity index (χ0v) is 19.3. The second-order valence-electron chi connectivity index (χ2n) is 8.79. The lowest BCUT2D eigenvalue weighted by molar-refractivity contribution is -0.141. The Morgan fingerprint density at radius 3 is 2.31 bits per heavy atom. The smallest absolute Gasteiger partial charge is 0.433 e. The van der Waals surface area contributed by atoms with Crippen molar-refractivity contribution in [1.29, 1.82) is 0 Å². The Kier molecular flexibility index (Phi) is 8.14. The van der Waals surface area contributed by atoms with Gasteiger partial charge in [0.1, 0.15) is 5.69 Å². The van der Waals surface area contributed by atoms with Gasteiger partial charge in [0.25, 0.3) is 0 Å². The van der Waals surface area contributed by atoms with Crippen LogP contribution in [0.15, 0.2) is 54.7 Å². The number of aromatic nitrogens is 1. The predicted molar refractivity (Wildman–Crippen MR) is 120 cm³/mol. The van der Waals surface area contributed by atoms with Gasteiger partial charge < -0.3 is 5.11 Å². The largest absolute Gasteiger partial charge is 0.481 e. The standard InChI is InChI=1S/C26H24F6N2O2/c1-16(2)3-9-21(19-6-10-23(33-15-19)26(30,31)32)34-12-11-17(14-24(35)36)13-22(34)18-4-7-20(8-5-18)25(27,28)29/h4-8,10,15,17,21-22H,1,11-14H2,2H3,(H,35,36). The van der Waals surface area contributed by atoms with Crippen LogP contribution in [0.3, 0.4) is 0 Å². The van der Waals surface area contributed by atoms with E-state index in [4.69, 9.17) is 0 Å². The minimum atomic E-state index is -4.62. The number of nitrogens with zero attached hydrogens (tertiary/aromatic N) is 2. The van der Waals surface area contributed by atoms with E-state index >= 15 is 0 Å². The lowest BCUT2D eigenvalue weighted by Gasteiger charge is -2.42. The number of hydrogen-bond donors (Lipinski definition) is 1. The van der Waals surface area contributed by atoms with E-state index in [-0.39, 0.29) is 12.3 Å². The van der Waals surface area contributed by atoms with Crippen LogP contribution in [0.5, 0.6) is 0 Å². The first-order chi connectivity index (χ1) is 16.8. The summed E-state index contributed by atoms with van der Waals surface area (Å²) >= 11 is 0. The van der Waals surface area contributed by atoms with Crippen LogP contribution >= 0.6 is 0 Å². The highest BCUT2D eigenvalue weighted by atomic mass is 19.4. The predicted octanol–water partition coefficient (Wildman–Crippen LogP) is 6.67. The second kappa shape index (κ2) is 10.7. The minimum Gasteiger partial charge on any atom is -0.481 e.